The molecule has 1 heterocycles. The van der Waals surface area contributed by atoms with Crippen molar-refractivity contribution < 1.29 is 13.6 Å². The average Bonchev–Trinajstić information content (AvgIpc) is 2.93. The molecule has 3 aromatic carbocycles. The van der Waals surface area contributed by atoms with E-state index in [1.54, 1.807) is 6.07 Å². The summed E-state index contributed by atoms with van der Waals surface area (Å²) in [5, 5.41) is 4.83. The summed E-state index contributed by atoms with van der Waals surface area (Å²) >= 11 is 0. The third-order valence-corrected chi connectivity index (χ3v) is 3.74. The number of benzene rings is 3. The summed E-state index contributed by atoms with van der Waals surface area (Å²) in [4.78, 5) is 12.2. The van der Waals surface area contributed by atoms with Crippen LogP contribution in [0.1, 0.15) is 10.4 Å². The van der Waals surface area contributed by atoms with Crippen molar-refractivity contribution in [2.24, 2.45) is 0 Å². The second-order valence-electron chi connectivity index (χ2n) is 5.27. The average molecular weight is 305 g/mol. The van der Waals surface area contributed by atoms with Crippen molar-refractivity contribution in [1.82, 2.24) is 0 Å². The molecule has 0 fully saturated rings. The lowest BCUT2D eigenvalue weighted by molar-refractivity contribution is 0.102. The van der Waals surface area contributed by atoms with Gasteiger partial charge in [0.05, 0.1) is 0 Å². The number of halogens is 1. The first-order chi connectivity index (χ1) is 11.2. The second kappa shape index (κ2) is 5.25. The largest absolute Gasteiger partial charge is 0.456 e. The van der Waals surface area contributed by atoms with Gasteiger partial charge in [0.1, 0.15) is 17.0 Å². The molecule has 1 aromatic heterocycles. The van der Waals surface area contributed by atoms with Gasteiger partial charge in [-0.05, 0) is 42.5 Å². The predicted molar refractivity (Wildman–Crippen MR) is 88.1 cm³/mol. The monoisotopic (exact) mass is 305 g/mol. The summed E-state index contributed by atoms with van der Waals surface area (Å²) in [5.74, 6) is -0.661. The van der Waals surface area contributed by atoms with Gasteiger partial charge in [-0.15, -0.1) is 0 Å². The number of amides is 1. The fraction of sp³-hybridized carbons (Fsp3) is 0. The molecule has 1 amide bonds. The number of hydrogen-bond acceptors (Lipinski definition) is 2. The molecule has 0 spiro atoms. The van der Waals surface area contributed by atoms with Crippen LogP contribution in [-0.2, 0) is 0 Å². The van der Waals surface area contributed by atoms with Crippen molar-refractivity contribution >= 4 is 33.5 Å². The number of rotatable bonds is 2. The number of furan rings is 1. The molecular weight excluding hydrogens is 293 g/mol. The Hall–Kier alpha value is -3.14. The molecule has 0 aliphatic rings. The third-order valence-electron chi connectivity index (χ3n) is 3.74. The number of hydrogen-bond donors (Lipinski definition) is 1. The maximum atomic E-state index is 12.9. The Morgan fingerprint density at radius 2 is 1.61 bits per heavy atom. The topological polar surface area (TPSA) is 42.2 Å². The number of fused-ring (bicyclic) bond motifs is 3. The first-order valence-corrected chi connectivity index (χ1v) is 7.19. The molecule has 0 radical (unpaired) electrons. The van der Waals surface area contributed by atoms with Crippen LogP contribution >= 0.6 is 0 Å². The van der Waals surface area contributed by atoms with Gasteiger partial charge in [-0.2, -0.15) is 0 Å². The van der Waals surface area contributed by atoms with Gasteiger partial charge in [-0.3, -0.25) is 4.79 Å². The van der Waals surface area contributed by atoms with Gasteiger partial charge < -0.3 is 9.73 Å². The molecule has 0 unspecified atom stereocenters. The molecule has 1 N–H and O–H groups in total. The van der Waals surface area contributed by atoms with Gasteiger partial charge in [-0.25, -0.2) is 4.39 Å². The van der Waals surface area contributed by atoms with Gasteiger partial charge >= 0.3 is 0 Å². The van der Waals surface area contributed by atoms with Crippen molar-refractivity contribution in [3.8, 4) is 0 Å². The fourth-order valence-electron chi connectivity index (χ4n) is 2.61. The fourth-order valence-corrected chi connectivity index (χ4v) is 2.61. The van der Waals surface area contributed by atoms with Gasteiger partial charge in [0.15, 0.2) is 0 Å². The van der Waals surface area contributed by atoms with E-state index in [9.17, 15) is 9.18 Å². The summed E-state index contributed by atoms with van der Waals surface area (Å²) in [6.07, 6.45) is 0. The minimum atomic E-state index is -0.370. The predicted octanol–water partition coefficient (Wildman–Crippen LogP) is 4.98. The molecule has 0 aliphatic heterocycles. The third kappa shape index (κ3) is 2.44. The Morgan fingerprint density at radius 1 is 0.870 bits per heavy atom. The van der Waals surface area contributed by atoms with Gasteiger partial charge in [0, 0.05) is 28.1 Å². The smallest absolute Gasteiger partial charge is 0.255 e. The van der Waals surface area contributed by atoms with E-state index >= 15 is 0 Å². The van der Waals surface area contributed by atoms with Gasteiger partial charge in [0.2, 0.25) is 0 Å². The van der Waals surface area contributed by atoms with E-state index in [0.717, 1.165) is 16.4 Å². The van der Waals surface area contributed by atoms with Gasteiger partial charge in [-0.1, -0.05) is 18.2 Å². The van der Waals surface area contributed by atoms with Gasteiger partial charge in [0.25, 0.3) is 5.91 Å². The first kappa shape index (κ1) is 13.5. The van der Waals surface area contributed by atoms with Crippen molar-refractivity contribution in [2.45, 2.75) is 0 Å². The standard InChI is InChI=1S/C19H12FNO2/c20-13-7-5-12(6-8-13)19(22)21-14-9-10-16-15-3-1-2-4-17(15)23-18(16)11-14/h1-11H,(H,21,22). The van der Waals surface area contributed by atoms with Crippen LogP contribution in [0.3, 0.4) is 0 Å². The summed E-state index contributed by atoms with van der Waals surface area (Å²) in [6, 6.07) is 18.7. The Bertz CT molecular complexity index is 1020. The molecule has 4 aromatic rings. The maximum absolute atomic E-state index is 12.9. The first-order valence-electron chi connectivity index (χ1n) is 7.19. The quantitative estimate of drug-likeness (QED) is 0.567. The molecule has 0 saturated heterocycles. The number of carbonyl (C=O) groups excluding carboxylic acids is 1. The van der Waals surface area contributed by atoms with Crippen molar-refractivity contribution in [2.75, 3.05) is 5.32 Å². The van der Waals surface area contributed by atoms with Crippen LogP contribution in [-0.4, -0.2) is 5.91 Å². The van der Waals surface area contributed by atoms with Crippen LogP contribution in [0.15, 0.2) is 71.1 Å². The molecular formula is C19H12FNO2. The van der Waals surface area contributed by atoms with Crippen LogP contribution in [0.25, 0.3) is 21.9 Å². The molecule has 0 saturated carbocycles. The Kier molecular flexibility index (Phi) is 3.08. The lowest BCUT2D eigenvalue weighted by atomic mass is 10.1. The summed E-state index contributed by atoms with van der Waals surface area (Å²) in [5.41, 5.74) is 2.55. The van der Waals surface area contributed by atoms with Crippen LogP contribution < -0.4 is 5.32 Å². The highest BCUT2D eigenvalue weighted by atomic mass is 19.1. The lowest BCUT2D eigenvalue weighted by Gasteiger charge is -2.05. The van der Waals surface area contributed by atoms with E-state index in [2.05, 4.69) is 5.32 Å². The van der Waals surface area contributed by atoms with E-state index in [4.69, 9.17) is 4.42 Å². The highest BCUT2D eigenvalue weighted by Gasteiger charge is 2.10. The molecule has 112 valence electrons. The van der Waals surface area contributed by atoms with E-state index in [-0.39, 0.29) is 11.7 Å². The molecule has 3 nitrogen and oxygen atoms in total. The summed E-state index contributed by atoms with van der Waals surface area (Å²) in [7, 11) is 0. The molecule has 0 aliphatic carbocycles. The molecule has 4 heteroatoms. The number of nitrogens with one attached hydrogen (secondary N) is 1. The number of para-hydroxylation sites is 1. The summed E-state index contributed by atoms with van der Waals surface area (Å²) < 4.78 is 18.7. The van der Waals surface area contributed by atoms with Crippen molar-refractivity contribution in [3.63, 3.8) is 0 Å². The van der Waals surface area contributed by atoms with Crippen molar-refractivity contribution in [3.05, 3.63) is 78.1 Å². The SMILES string of the molecule is O=C(Nc1ccc2c(c1)oc1ccccc12)c1ccc(F)cc1. The normalized spacial score (nSPS) is 11.0. The highest BCUT2D eigenvalue weighted by Crippen LogP contribution is 2.30. The van der Waals surface area contributed by atoms with Crippen LogP contribution in [0.4, 0.5) is 10.1 Å². The molecule has 4 rings (SSSR count). The van der Waals surface area contributed by atoms with E-state index < -0.39 is 0 Å². The Labute approximate surface area is 131 Å². The number of carbonyl (C=O) groups is 1. The van der Waals surface area contributed by atoms with E-state index in [0.29, 0.717) is 16.8 Å². The maximum Gasteiger partial charge on any atom is 0.255 e. The zero-order chi connectivity index (χ0) is 15.8. The lowest BCUT2D eigenvalue weighted by Crippen LogP contribution is -2.11. The minimum absolute atomic E-state index is 0.291. The Balaban J connectivity index is 1.67. The zero-order valence-electron chi connectivity index (χ0n) is 12.0. The number of anilines is 1. The van der Waals surface area contributed by atoms with Crippen molar-refractivity contribution in [1.29, 1.82) is 0 Å². The summed E-state index contributed by atoms with van der Waals surface area (Å²) in [6.45, 7) is 0. The second-order valence-corrected chi connectivity index (χ2v) is 5.27. The van der Waals surface area contributed by atoms with Crippen LogP contribution in [0.2, 0.25) is 0 Å². The molecule has 23 heavy (non-hydrogen) atoms. The molecule has 0 atom stereocenters. The van der Waals surface area contributed by atoms with E-state index in [1.807, 2.05) is 36.4 Å². The van der Waals surface area contributed by atoms with E-state index in [1.165, 1.54) is 24.3 Å². The minimum Gasteiger partial charge on any atom is -0.456 e. The molecule has 0 bridgehead atoms. The van der Waals surface area contributed by atoms with Crippen LogP contribution in [0.5, 0.6) is 0 Å². The highest BCUT2D eigenvalue weighted by molar-refractivity contribution is 6.08. The zero-order valence-corrected chi connectivity index (χ0v) is 12.0. The Morgan fingerprint density at radius 3 is 2.43 bits per heavy atom. The van der Waals surface area contributed by atoms with Crippen LogP contribution in [0, 0.1) is 5.82 Å².